The van der Waals surface area contributed by atoms with E-state index in [-0.39, 0.29) is 69.6 Å². The summed E-state index contributed by atoms with van der Waals surface area (Å²) in [7, 11) is 0. The minimum absolute atomic E-state index is 0.0521. The van der Waals surface area contributed by atoms with Crippen LogP contribution in [0.4, 0.5) is 0 Å². The SMILES string of the molecule is [2H]c1cccnc1-c1c([2H])c([2H])c([2H])c2c1oc1nc(C)c([2H])c([2H])c12. The lowest BCUT2D eigenvalue weighted by Crippen LogP contribution is -1.81. The first-order valence-electron chi connectivity index (χ1n) is 9.04. The normalized spacial score (nSPS) is 15.4. The summed E-state index contributed by atoms with van der Waals surface area (Å²) in [6.45, 7) is 1.59. The molecular formula is C17H12N2O. The molecule has 1 aromatic carbocycles. The van der Waals surface area contributed by atoms with Crippen molar-refractivity contribution in [1.82, 2.24) is 9.97 Å². The third-order valence-corrected chi connectivity index (χ3v) is 2.97. The maximum absolute atomic E-state index is 8.27. The minimum Gasteiger partial charge on any atom is -0.437 e. The predicted octanol–water partition coefficient (Wildman–Crippen LogP) is 4.35. The predicted molar refractivity (Wildman–Crippen MR) is 79.5 cm³/mol. The fourth-order valence-electron chi connectivity index (χ4n) is 2.08. The van der Waals surface area contributed by atoms with E-state index in [0.29, 0.717) is 5.69 Å². The molecule has 3 nitrogen and oxygen atoms in total. The third kappa shape index (κ3) is 1.60. The Morgan fingerprint density at radius 2 is 2.00 bits per heavy atom. The Bertz CT molecular complexity index is 1220. The molecule has 3 heterocycles. The van der Waals surface area contributed by atoms with Gasteiger partial charge < -0.3 is 4.42 Å². The molecule has 20 heavy (non-hydrogen) atoms. The smallest absolute Gasteiger partial charge is 0.227 e. The Balaban J connectivity index is 2.30. The van der Waals surface area contributed by atoms with Crippen LogP contribution in [0.15, 0.2) is 59.0 Å². The average Bonchev–Trinajstić information content (AvgIpc) is 2.98. The molecule has 0 unspecified atom stereocenters. The number of pyridine rings is 2. The number of aromatic nitrogens is 2. The molecule has 0 N–H and O–H groups in total. The number of fused-ring (bicyclic) bond motifs is 3. The Kier molecular flexibility index (Phi) is 1.39. The molecule has 0 saturated heterocycles. The molecule has 0 amide bonds. The second-order valence-corrected chi connectivity index (χ2v) is 4.31. The van der Waals surface area contributed by atoms with E-state index < -0.39 is 0 Å². The molecule has 0 saturated carbocycles. The van der Waals surface area contributed by atoms with Crippen LogP contribution in [0.2, 0.25) is 0 Å². The molecular weight excluding hydrogens is 248 g/mol. The molecule has 0 spiro atoms. The molecule has 0 aliphatic heterocycles. The number of hydrogen-bond acceptors (Lipinski definition) is 3. The lowest BCUT2D eigenvalue weighted by atomic mass is 10.1. The van der Waals surface area contributed by atoms with Gasteiger partial charge in [0, 0.05) is 28.2 Å². The molecule has 0 aliphatic carbocycles. The van der Waals surface area contributed by atoms with Crippen LogP contribution in [-0.2, 0) is 0 Å². The van der Waals surface area contributed by atoms with Crippen molar-refractivity contribution in [2.24, 2.45) is 0 Å². The van der Waals surface area contributed by atoms with Crippen molar-refractivity contribution in [2.45, 2.75) is 6.92 Å². The van der Waals surface area contributed by atoms with Crippen LogP contribution in [0.25, 0.3) is 33.3 Å². The van der Waals surface area contributed by atoms with E-state index in [4.69, 9.17) is 12.6 Å². The lowest BCUT2D eigenvalue weighted by molar-refractivity contribution is 0.653. The summed E-state index contributed by atoms with van der Waals surface area (Å²) in [6.07, 6.45) is 1.47. The van der Waals surface area contributed by atoms with Crippen LogP contribution in [0.1, 0.15) is 13.9 Å². The molecule has 96 valence electrons. The largest absolute Gasteiger partial charge is 0.437 e. The first-order chi connectivity index (χ1) is 12.3. The van der Waals surface area contributed by atoms with Crippen molar-refractivity contribution in [2.75, 3.05) is 0 Å². The molecule has 3 heteroatoms. The van der Waals surface area contributed by atoms with Crippen molar-refractivity contribution in [3.05, 3.63) is 60.3 Å². The van der Waals surface area contributed by atoms with Crippen LogP contribution in [-0.4, -0.2) is 9.97 Å². The highest BCUT2D eigenvalue weighted by Gasteiger charge is 2.13. The van der Waals surface area contributed by atoms with Gasteiger partial charge in [-0.2, -0.15) is 0 Å². The van der Waals surface area contributed by atoms with Gasteiger partial charge in [-0.3, -0.25) is 4.98 Å². The number of rotatable bonds is 1. The molecule has 0 radical (unpaired) electrons. The van der Waals surface area contributed by atoms with E-state index in [2.05, 4.69) is 9.97 Å². The summed E-state index contributed by atoms with van der Waals surface area (Å²) in [4.78, 5) is 8.33. The van der Waals surface area contributed by atoms with E-state index >= 15 is 0 Å². The number of aryl methyl sites for hydroxylation is 1. The van der Waals surface area contributed by atoms with Gasteiger partial charge in [-0.05, 0) is 37.2 Å². The summed E-state index contributed by atoms with van der Waals surface area (Å²) in [5, 5.41) is 0.310. The maximum Gasteiger partial charge on any atom is 0.227 e. The van der Waals surface area contributed by atoms with E-state index in [1.165, 1.54) is 12.3 Å². The zero-order chi connectivity index (χ0) is 18.7. The monoisotopic (exact) mass is 266 g/mol. The Hall–Kier alpha value is -2.68. The summed E-state index contributed by atoms with van der Waals surface area (Å²) >= 11 is 0. The van der Waals surface area contributed by atoms with Crippen LogP contribution in [0.5, 0.6) is 0 Å². The van der Waals surface area contributed by atoms with E-state index in [9.17, 15) is 0 Å². The maximum atomic E-state index is 8.27. The lowest BCUT2D eigenvalue weighted by Gasteiger charge is -2.00. The van der Waals surface area contributed by atoms with Crippen molar-refractivity contribution in [1.29, 1.82) is 0 Å². The van der Waals surface area contributed by atoms with Crippen molar-refractivity contribution in [3.63, 3.8) is 0 Å². The zero-order valence-corrected chi connectivity index (χ0v) is 10.5. The van der Waals surface area contributed by atoms with Crippen LogP contribution < -0.4 is 0 Å². The van der Waals surface area contributed by atoms with Crippen LogP contribution in [0, 0.1) is 6.92 Å². The standard InChI is InChI=1S/C17H12N2O/c1-11-8-9-13-12-5-4-6-14(15-7-2-3-10-18-15)16(12)20-17(13)19-11/h2-10H,1H3/i4D,5D,6D,7D,8D,9D. The van der Waals surface area contributed by atoms with E-state index in [0.717, 1.165) is 0 Å². The van der Waals surface area contributed by atoms with Crippen molar-refractivity contribution < 1.29 is 12.6 Å². The average molecular weight is 266 g/mol. The number of nitrogens with zero attached hydrogens (tertiary/aromatic N) is 2. The summed E-state index contributed by atoms with van der Waals surface area (Å²) in [5.74, 6) is 0. The van der Waals surface area contributed by atoms with Gasteiger partial charge in [-0.25, -0.2) is 4.98 Å². The Morgan fingerprint density at radius 1 is 1.05 bits per heavy atom. The molecule has 0 atom stereocenters. The second-order valence-electron chi connectivity index (χ2n) is 4.31. The highest BCUT2D eigenvalue weighted by atomic mass is 16.3. The van der Waals surface area contributed by atoms with Gasteiger partial charge in [0.1, 0.15) is 5.58 Å². The number of hydrogen-bond donors (Lipinski definition) is 0. The number of furan rings is 1. The Morgan fingerprint density at radius 3 is 2.90 bits per heavy atom. The number of para-hydroxylation sites is 1. The molecule has 0 aliphatic rings. The van der Waals surface area contributed by atoms with Gasteiger partial charge in [0.2, 0.25) is 5.71 Å². The summed E-state index contributed by atoms with van der Waals surface area (Å²) in [5.41, 5.74) is 0.744. The minimum atomic E-state index is -0.355. The van der Waals surface area contributed by atoms with Crippen LogP contribution in [0.3, 0.4) is 0 Å². The van der Waals surface area contributed by atoms with Gasteiger partial charge >= 0.3 is 0 Å². The van der Waals surface area contributed by atoms with Crippen molar-refractivity contribution >= 4 is 22.1 Å². The van der Waals surface area contributed by atoms with Crippen molar-refractivity contribution in [3.8, 4) is 11.3 Å². The van der Waals surface area contributed by atoms with E-state index in [1.54, 1.807) is 13.0 Å². The molecule has 0 fully saturated rings. The summed E-state index contributed by atoms with van der Waals surface area (Å²) < 4.78 is 54.7. The topological polar surface area (TPSA) is 38.9 Å². The van der Waals surface area contributed by atoms with Crippen LogP contribution >= 0.6 is 0 Å². The van der Waals surface area contributed by atoms with Gasteiger partial charge in [-0.1, -0.05) is 18.2 Å². The fraction of sp³-hybridized carbons (Fsp3) is 0.0588. The van der Waals surface area contributed by atoms with Gasteiger partial charge in [0.25, 0.3) is 0 Å². The highest BCUT2D eigenvalue weighted by Crippen LogP contribution is 2.34. The Labute approximate surface area is 124 Å². The summed E-state index contributed by atoms with van der Waals surface area (Å²) in [6, 6.07) is 2.02. The van der Waals surface area contributed by atoms with Gasteiger partial charge in [-0.15, -0.1) is 0 Å². The molecule has 0 bridgehead atoms. The zero-order valence-electron chi connectivity index (χ0n) is 16.5. The highest BCUT2D eigenvalue weighted by molar-refractivity contribution is 6.08. The number of benzene rings is 1. The quantitative estimate of drug-likeness (QED) is 0.514. The molecule has 4 aromatic rings. The molecule has 4 rings (SSSR count). The van der Waals surface area contributed by atoms with Gasteiger partial charge in [0.15, 0.2) is 0 Å². The second kappa shape index (κ2) is 4.17. The third-order valence-electron chi connectivity index (χ3n) is 2.97. The van der Waals surface area contributed by atoms with Gasteiger partial charge in [0.05, 0.1) is 13.9 Å². The fourth-order valence-corrected chi connectivity index (χ4v) is 2.08. The van der Waals surface area contributed by atoms with E-state index in [1.807, 2.05) is 0 Å². The first kappa shape index (κ1) is 6.66. The first-order valence-corrected chi connectivity index (χ1v) is 6.04. The molecule has 3 aromatic heterocycles.